The lowest BCUT2D eigenvalue weighted by atomic mass is 10.2. The summed E-state index contributed by atoms with van der Waals surface area (Å²) < 4.78 is 27.3. The molecule has 2 heterocycles. The quantitative estimate of drug-likeness (QED) is 0.416. The molecule has 8 nitrogen and oxygen atoms in total. The molecule has 1 aliphatic heterocycles. The monoisotopic (exact) mass is 416 g/mol. The van der Waals surface area contributed by atoms with E-state index in [9.17, 15) is 8.42 Å². The summed E-state index contributed by atoms with van der Waals surface area (Å²) in [6.45, 7) is 6.03. The predicted octanol–water partition coefficient (Wildman–Crippen LogP) is 1.07. The fourth-order valence-electron chi connectivity index (χ4n) is 3.18. The zero-order chi connectivity index (χ0) is 20.7. The number of benzene rings is 1. The Bertz CT molecular complexity index is 908. The second-order valence-corrected chi connectivity index (χ2v) is 8.61. The van der Waals surface area contributed by atoms with E-state index in [0.29, 0.717) is 6.54 Å². The van der Waals surface area contributed by atoms with Crippen molar-refractivity contribution in [2.75, 3.05) is 51.2 Å². The number of guanidine groups is 1. The summed E-state index contributed by atoms with van der Waals surface area (Å²) in [4.78, 5) is 13.4. The van der Waals surface area contributed by atoms with Crippen molar-refractivity contribution in [3.05, 3.63) is 54.2 Å². The molecular weight excluding hydrogens is 388 g/mol. The van der Waals surface area contributed by atoms with Crippen LogP contribution in [0.2, 0.25) is 0 Å². The van der Waals surface area contributed by atoms with Crippen LogP contribution in [0.5, 0.6) is 0 Å². The maximum absolute atomic E-state index is 12.3. The van der Waals surface area contributed by atoms with Crippen LogP contribution in [-0.4, -0.2) is 70.6 Å². The number of rotatable bonds is 6. The molecule has 0 spiro atoms. The number of nitrogens with zero attached hydrogens (tertiary/aromatic N) is 4. The van der Waals surface area contributed by atoms with Crippen molar-refractivity contribution < 1.29 is 8.42 Å². The molecule has 2 aromatic rings. The van der Waals surface area contributed by atoms with E-state index >= 15 is 0 Å². The maximum Gasteiger partial charge on any atom is 0.240 e. The van der Waals surface area contributed by atoms with Gasteiger partial charge < -0.3 is 15.1 Å². The second-order valence-electron chi connectivity index (χ2n) is 6.85. The number of aryl methyl sites for hydroxylation is 1. The van der Waals surface area contributed by atoms with Gasteiger partial charge in [0.1, 0.15) is 5.82 Å². The van der Waals surface area contributed by atoms with Gasteiger partial charge in [-0.2, -0.15) is 0 Å². The maximum atomic E-state index is 12.3. The summed E-state index contributed by atoms with van der Waals surface area (Å²) >= 11 is 0. The first-order valence-electron chi connectivity index (χ1n) is 9.67. The largest absolute Gasteiger partial charge is 0.355 e. The minimum Gasteiger partial charge on any atom is -0.355 e. The second kappa shape index (κ2) is 9.71. The lowest BCUT2D eigenvalue weighted by Crippen LogP contribution is -2.53. The average Bonchev–Trinajstić information content (AvgIpc) is 2.75. The number of aliphatic imine (C=N–C) groups is 1. The van der Waals surface area contributed by atoms with Gasteiger partial charge in [-0.3, -0.25) is 4.99 Å². The van der Waals surface area contributed by atoms with Crippen LogP contribution in [0.1, 0.15) is 5.56 Å². The Hall–Kier alpha value is -2.65. The Labute approximate surface area is 172 Å². The number of hydrogen-bond acceptors (Lipinski definition) is 5. The molecule has 0 saturated carbocycles. The highest BCUT2D eigenvalue weighted by Gasteiger charge is 2.20. The van der Waals surface area contributed by atoms with Crippen molar-refractivity contribution in [2.45, 2.75) is 11.8 Å². The van der Waals surface area contributed by atoms with Gasteiger partial charge in [-0.15, -0.1) is 0 Å². The zero-order valence-corrected chi connectivity index (χ0v) is 17.7. The molecule has 2 N–H and O–H groups in total. The third-order valence-electron chi connectivity index (χ3n) is 4.80. The summed E-state index contributed by atoms with van der Waals surface area (Å²) in [5, 5.41) is 3.24. The van der Waals surface area contributed by atoms with Crippen molar-refractivity contribution in [1.82, 2.24) is 19.9 Å². The number of nitrogens with one attached hydrogen (secondary N) is 2. The van der Waals surface area contributed by atoms with Crippen LogP contribution in [0.15, 0.2) is 58.5 Å². The van der Waals surface area contributed by atoms with Crippen LogP contribution in [-0.2, 0) is 10.0 Å². The van der Waals surface area contributed by atoms with E-state index in [-0.39, 0.29) is 11.4 Å². The van der Waals surface area contributed by atoms with E-state index in [0.717, 1.165) is 43.5 Å². The number of piperazine rings is 1. The van der Waals surface area contributed by atoms with E-state index < -0.39 is 10.0 Å². The number of hydrogen-bond donors (Lipinski definition) is 2. The molecule has 0 atom stereocenters. The molecule has 29 heavy (non-hydrogen) atoms. The number of sulfonamides is 1. The smallest absolute Gasteiger partial charge is 0.240 e. The van der Waals surface area contributed by atoms with Gasteiger partial charge in [0.15, 0.2) is 5.96 Å². The van der Waals surface area contributed by atoms with Crippen LogP contribution in [0.4, 0.5) is 5.82 Å². The van der Waals surface area contributed by atoms with E-state index in [1.54, 1.807) is 37.5 Å². The van der Waals surface area contributed by atoms with Crippen LogP contribution < -0.4 is 14.9 Å². The van der Waals surface area contributed by atoms with E-state index in [4.69, 9.17) is 0 Å². The molecule has 0 amide bonds. The Morgan fingerprint density at radius 2 is 1.79 bits per heavy atom. The third kappa shape index (κ3) is 5.68. The van der Waals surface area contributed by atoms with Crippen LogP contribution in [0.3, 0.4) is 0 Å². The van der Waals surface area contributed by atoms with Gasteiger partial charge in [0.2, 0.25) is 10.0 Å². The molecule has 1 aliphatic rings. The standard InChI is InChI=1S/C20H28N6O2S/c1-17-6-8-18(9-7-17)29(27,28)24-12-11-23-20(21-2)26-15-13-25(14-16-26)19-5-3-4-10-22-19/h3-10,24H,11-16H2,1-2H3,(H,21,23). The molecule has 3 rings (SSSR count). The highest BCUT2D eigenvalue weighted by molar-refractivity contribution is 7.89. The Balaban J connectivity index is 1.45. The van der Waals surface area contributed by atoms with Crippen molar-refractivity contribution in [3.63, 3.8) is 0 Å². The SMILES string of the molecule is CN=C(NCCNS(=O)(=O)c1ccc(C)cc1)N1CCN(c2ccccn2)CC1. The first kappa shape index (κ1) is 21.1. The Morgan fingerprint density at radius 1 is 1.07 bits per heavy atom. The van der Waals surface area contributed by atoms with Gasteiger partial charge in [0, 0.05) is 52.5 Å². The van der Waals surface area contributed by atoms with Crippen molar-refractivity contribution in [3.8, 4) is 0 Å². The van der Waals surface area contributed by atoms with Crippen molar-refractivity contribution >= 4 is 21.8 Å². The molecule has 156 valence electrons. The molecule has 1 aromatic carbocycles. The van der Waals surface area contributed by atoms with Gasteiger partial charge in [0.05, 0.1) is 4.90 Å². The lowest BCUT2D eigenvalue weighted by Gasteiger charge is -2.37. The fraction of sp³-hybridized carbons (Fsp3) is 0.400. The first-order chi connectivity index (χ1) is 14.0. The van der Waals surface area contributed by atoms with Crippen molar-refractivity contribution in [2.24, 2.45) is 4.99 Å². The molecule has 0 radical (unpaired) electrons. The van der Waals surface area contributed by atoms with Crippen molar-refractivity contribution in [1.29, 1.82) is 0 Å². The summed E-state index contributed by atoms with van der Waals surface area (Å²) in [6, 6.07) is 12.7. The van der Waals surface area contributed by atoms with Gasteiger partial charge in [-0.05, 0) is 31.2 Å². The molecule has 0 unspecified atom stereocenters. The van der Waals surface area contributed by atoms with Gasteiger partial charge in [0.25, 0.3) is 0 Å². The summed E-state index contributed by atoms with van der Waals surface area (Å²) in [6.07, 6.45) is 1.81. The summed E-state index contributed by atoms with van der Waals surface area (Å²) in [5.41, 5.74) is 1.03. The fourth-order valence-corrected chi connectivity index (χ4v) is 4.21. The van der Waals surface area contributed by atoms with Crippen LogP contribution in [0, 0.1) is 6.92 Å². The molecule has 9 heteroatoms. The highest BCUT2D eigenvalue weighted by Crippen LogP contribution is 2.12. The van der Waals surface area contributed by atoms with E-state index in [2.05, 4.69) is 29.8 Å². The first-order valence-corrected chi connectivity index (χ1v) is 11.2. The highest BCUT2D eigenvalue weighted by atomic mass is 32.2. The van der Waals surface area contributed by atoms with E-state index in [1.807, 2.05) is 25.1 Å². The van der Waals surface area contributed by atoms with Crippen LogP contribution in [0.25, 0.3) is 0 Å². The normalized spacial score (nSPS) is 15.4. The lowest BCUT2D eigenvalue weighted by molar-refractivity contribution is 0.372. The minimum atomic E-state index is -3.50. The molecule has 1 saturated heterocycles. The Kier molecular flexibility index (Phi) is 7.05. The number of anilines is 1. The predicted molar refractivity (Wildman–Crippen MR) is 116 cm³/mol. The topological polar surface area (TPSA) is 89.9 Å². The molecule has 1 fully saturated rings. The number of aromatic nitrogens is 1. The molecule has 0 aliphatic carbocycles. The van der Waals surface area contributed by atoms with Gasteiger partial charge in [-0.1, -0.05) is 23.8 Å². The zero-order valence-electron chi connectivity index (χ0n) is 16.9. The van der Waals surface area contributed by atoms with Gasteiger partial charge in [-0.25, -0.2) is 18.1 Å². The van der Waals surface area contributed by atoms with E-state index in [1.165, 1.54) is 0 Å². The average molecular weight is 417 g/mol. The molecule has 1 aromatic heterocycles. The summed E-state index contributed by atoms with van der Waals surface area (Å²) in [5.74, 6) is 1.76. The summed E-state index contributed by atoms with van der Waals surface area (Å²) in [7, 11) is -1.76. The van der Waals surface area contributed by atoms with Gasteiger partial charge >= 0.3 is 0 Å². The van der Waals surface area contributed by atoms with Crippen LogP contribution >= 0.6 is 0 Å². The number of pyridine rings is 1. The molecule has 0 bridgehead atoms. The Morgan fingerprint density at radius 3 is 2.41 bits per heavy atom. The minimum absolute atomic E-state index is 0.276. The molecular formula is C20H28N6O2S. The third-order valence-corrected chi connectivity index (χ3v) is 6.27.